The molecule has 160 valence electrons. The van der Waals surface area contributed by atoms with Gasteiger partial charge in [-0.1, -0.05) is 55.4 Å². The maximum Gasteiger partial charge on any atom is 0.259 e. The molecule has 0 aliphatic carbocycles. The highest BCUT2D eigenvalue weighted by molar-refractivity contribution is 6.13. The highest BCUT2D eigenvalue weighted by Crippen LogP contribution is 2.31. The summed E-state index contributed by atoms with van der Waals surface area (Å²) in [4.78, 5) is 23.0. The summed E-state index contributed by atoms with van der Waals surface area (Å²) in [5.41, 5.74) is 5.72. The van der Waals surface area contributed by atoms with Gasteiger partial charge in [-0.3, -0.25) is 9.20 Å². The van der Waals surface area contributed by atoms with Gasteiger partial charge in [-0.05, 0) is 37.5 Å². The molecule has 4 heterocycles. The molecule has 7 heteroatoms. The second-order valence-corrected chi connectivity index (χ2v) is 8.21. The Hall–Kier alpha value is -4.00. The lowest BCUT2D eigenvalue weighted by molar-refractivity contribution is 0.102. The average molecular weight is 425 g/mol. The van der Waals surface area contributed by atoms with Gasteiger partial charge in [0.1, 0.15) is 17.2 Å². The number of rotatable bonds is 4. The first-order valence-corrected chi connectivity index (χ1v) is 10.6. The Morgan fingerprint density at radius 2 is 1.84 bits per heavy atom. The number of aryl methyl sites for hydroxylation is 2. The van der Waals surface area contributed by atoms with Gasteiger partial charge < -0.3 is 9.84 Å². The van der Waals surface area contributed by atoms with E-state index in [9.17, 15) is 4.79 Å². The molecule has 5 rings (SSSR count). The number of pyridine rings is 2. The van der Waals surface area contributed by atoms with Crippen LogP contribution in [-0.2, 0) is 0 Å². The standard InChI is InChI=1S/C25H23N5O2/c1-14(2)19-13-18(20-16(4)29-32-25(20)26-19)24(31)28-23-21(17-10-6-5-7-11-17)27-22-15(3)9-8-12-30(22)23/h5-14H,1-4H3,(H,28,31). The van der Waals surface area contributed by atoms with Gasteiger partial charge in [0.25, 0.3) is 11.6 Å². The number of benzene rings is 1. The molecule has 0 saturated heterocycles. The predicted molar refractivity (Wildman–Crippen MR) is 124 cm³/mol. The van der Waals surface area contributed by atoms with Crippen LogP contribution in [0.4, 0.5) is 5.82 Å². The molecule has 0 spiro atoms. The van der Waals surface area contributed by atoms with Crippen LogP contribution in [-0.4, -0.2) is 25.4 Å². The van der Waals surface area contributed by atoms with Crippen LogP contribution in [0.25, 0.3) is 28.0 Å². The van der Waals surface area contributed by atoms with Gasteiger partial charge >= 0.3 is 0 Å². The zero-order valence-electron chi connectivity index (χ0n) is 18.4. The van der Waals surface area contributed by atoms with E-state index >= 15 is 0 Å². The van der Waals surface area contributed by atoms with Crippen molar-refractivity contribution in [2.24, 2.45) is 0 Å². The average Bonchev–Trinajstić information content (AvgIpc) is 3.35. The number of aromatic nitrogens is 4. The topological polar surface area (TPSA) is 85.3 Å². The molecular weight excluding hydrogens is 402 g/mol. The van der Waals surface area contributed by atoms with Crippen molar-refractivity contribution in [1.29, 1.82) is 0 Å². The fourth-order valence-electron chi connectivity index (χ4n) is 3.88. The number of amides is 1. The summed E-state index contributed by atoms with van der Waals surface area (Å²) >= 11 is 0. The van der Waals surface area contributed by atoms with Crippen LogP contribution in [0.15, 0.2) is 59.3 Å². The van der Waals surface area contributed by atoms with Crippen LogP contribution in [0.2, 0.25) is 0 Å². The number of nitrogens with one attached hydrogen (secondary N) is 1. The van der Waals surface area contributed by atoms with Crippen molar-refractivity contribution in [2.75, 3.05) is 5.32 Å². The van der Waals surface area contributed by atoms with E-state index in [1.165, 1.54) is 0 Å². The Morgan fingerprint density at radius 1 is 1.06 bits per heavy atom. The van der Waals surface area contributed by atoms with Crippen LogP contribution >= 0.6 is 0 Å². The van der Waals surface area contributed by atoms with E-state index in [-0.39, 0.29) is 11.8 Å². The molecule has 4 aromatic heterocycles. The van der Waals surface area contributed by atoms with Crippen molar-refractivity contribution in [3.63, 3.8) is 0 Å². The third-order valence-corrected chi connectivity index (χ3v) is 5.60. The Balaban J connectivity index is 1.68. The first kappa shape index (κ1) is 19.9. The number of hydrogen-bond acceptors (Lipinski definition) is 5. The normalized spacial score (nSPS) is 11.5. The van der Waals surface area contributed by atoms with Gasteiger partial charge in [-0.15, -0.1) is 0 Å². The lowest BCUT2D eigenvalue weighted by Crippen LogP contribution is -2.15. The lowest BCUT2D eigenvalue weighted by atomic mass is 10.0. The number of hydrogen-bond donors (Lipinski definition) is 1. The molecule has 5 aromatic rings. The first-order chi connectivity index (χ1) is 15.4. The molecule has 7 nitrogen and oxygen atoms in total. The molecule has 0 unspecified atom stereocenters. The molecule has 0 aliphatic heterocycles. The summed E-state index contributed by atoms with van der Waals surface area (Å²) in [5.74, 6) is 0.492. The maximum absolute atomic E-state index is 13.6. The van der Waals surface area contributed by atoms with E-state index in [0.717, 1.165) is 22.5 Å². The van der Waals surface area contributed by atoms with E-state index in [1.807, 2.05) is 86.8 Å². The summed E-state index contributed by atoms with van der Waals surface area (Å²) in [6.07, 6.45) is 1.91. The molecule has 0 atom stereocenters. The third kappa shape index (κ3) is 3.22. The fourth-order valence-corrected chi connectivity index (χ4v) is 3.88. The smallest absolute Gasteiger partial charge is 0.259 e. The SMILES string of the molecule is Cc1noc2nc(C(C)C)cc(C(=O)Nc3c(-c4ccccc4)nc4c(C)cccn34)c12. The highest BCUT2D eigenvalue weighted by atomic mass is 16.5. The van der Waals surface area contributed by atoms with Gasteiger partial charge in [0.05, 0.1) is 16.6 Å². The summed E-state index contributed by atoms with van der Waals surface area (Å²) in [5, 5.41) is 7.77. The molecule has 1 N–H and O–H groups in total. The molecule has 0 fully saturated rings. The van der Waals surface area contributed by atoms with Gasteiger partial charge in [0, 0.05) is 17.5 Å². The van der Waals surface area contributed by atoms with Gasteiger partial charge in [0.15, 0.2) is 0 Å². The minimum absolute atomic E-state index is 0.134. The Bertz CT molecular complexity index is 1460. The number of carbonyl (C=O) groups is 1. The molecule has 0 radical (unpaired) electrons. The minimum Gasteiger partial charge on any atom is -0.336 e. The quantitative estimate of drug-likeness (QED) is 0.409. The number of carbonyl (C=O) groups excluding carboxylic acids is 1. The van der Waals surface area contributed by atoms with Crippen molar-refractivity contribution < 1.29 is 9.32 Å². The predicted octanol–water partition coefficient (Wildman–Crippen LogP) is 5.53. The zero-order valence-corrected chi connectivity index (χ0v) is 18.4. The van der Waals surface area contributed by atoms with Crippen molar-refractivity contribution >= 4 is 28.5 Å². The number of imidazole rings is 1. The molecule has 32 heavy (non-hydrogen) atoms. The maximum atomic E-state index is 13.6. The molecule has 0 aliphatic rings. The van der Waals surface area contributed by atoms with Crippen LogP contribution in [0.3, 0.4) is 0 Å². The molecular formula is C25H23N5O2. The minimum atomic E-state index is -0.258. The van der Waals surface area contributed by atoms with Crippen molar-refractivity contribution in [3.8, 4) is 11.3 Å². The van der Waals surface area contributed by atoms with Gasteiger partial charge in [0.2, 0.25) is 0 Å². The second kappa shape index (κ2) is 7.60. The molecule has 1 aromatic carbocycles. The lowest BCUT2D eigenvalue weighted by Gasteiger charge is -2.11. The fraction of sp³-hybridized carbons (Fsp3) is 0.200. The monoisotopic (exact) mass is 425 g/mol. The van der Waals surface area contributed by atoms with E-state index in [2.05, 4.69) is 15.5 Å². The highest BCUT2D eigenvalue weighted by Gasteiger charge is 2.23. The van der Waals surface area contributed by atoms with Crippen LogP contribution < -0.4 is 5.32 Å². The van der Waals surface area contributed by atoms with Crippen LogP contribution in [0.1, 0.15) is 47.1 Å². The van der Waals surface area contributed by atoms with Gasteiger partial charge in [-0.25, -0.2) is 9.97 Å². The molecule has 1 amide bonds. The van der Waals surface area contributed by atoms with E-state index in [4.69, 9.17) is 9.51 Å². The number of anilines is 1. The summed E-state index contributed by atoms with van der Waals surface area (Å²) < 4.78 is 7.30. The Labute approximate surface area is 185 Å². The van der Waals surface area contributed by atoms with Crippen LogP contribution in [0.5, 0.6) is 0 Å². The Kier molecular flexibility index (Phi) is 4.74. The first-order valence-electron chi connectivity index (χ1n) is 10.6. The largest absolute Gasteiger partial charge is 0.336 e. The van der Waals surface area contributed by atoms with Crippen LogP contribution in [0, 0.1) is 13.8 Å². The zero-order chi connectivity index (χ0) is 22.4. The number of fused-ring (bicyclic) bond motifs is 2. The molecule has 0 saturated carbocycles. The van der Waals surface area contributed by atoms with E-state index in [1.54, 1.807) is 0 Å². The summed E-state index contributed by atoms with van der Waals surface area (Å²) in [6.45, 7) is 7.87. The Morgan fingerprint density at radius 3 is 2.59 bits per heavy atom. The van der Waals surface area contributed by atoms with E-state index < -0.39 is 0 Å². The van der Waals surface area contributed by atoms with Crippen molar-refractivity contribution in [1.82, 2.24) is 19.5 Å². The second-order valence-electron chi connectivity index (χ2n) is 8.21. The van der Waals surface area contributed by atoms with Crippen molar-refractivity contribution in [3.05, 3.63) is 77.2 Å². The third-order valence-electron chi connectivity index (χ3n) is 5.60. The van der Waals surface area contributed by atoms with Gasteiger partial charge in [-0.2, -0.15) is 0 Å². The number of nitrogens with zero attached hydrogens (tertiary/aromatic N) is 4. The van der Waals surface area contributed by atoms with E-state index in [0.29, 0.717) is 33.9 Å². The van der Waals surface area contributed by atoms with Crippen molar-refractivity contribution in [2.45, 2.75) is 33.6 Å². The summed E-state index contributed by atoms with van der Waals surface area (Å²) in [7, 11) is 0. The summed E-state index contributed by atoms with van der Waals surface area (Å²) in [6, 6.07) is 15.6. The molecule has 0 bridgehead atoms.